The van der Waals surface area contributed by atoms with Crippen molar-refractivity contribution >= 4 is 5.97 Å². The van der Waals surface area contributed by atoms with E-state index in [0.29, 0.717) is 6.42 Å². The van der Waals surface area contributed by atoms with Gasteiger partial charge < -0.3 is 4.74 Å². The molecule has 0 amide bonds. The monoisotopic (exact) mass is 246 g/mol. The van der Waals surface area contributed by atoms with Crippen molar-refractivity contribution in [3.05, 3.63) is 48.6 Å². The van der Waals surface area contributed by atoms with Crippen molar-refractivity contribution in [2.24, 2.45) is 0 Å². The van der Waals surface area contributed by atoms with Crippen LogP contribution in [0.15, 0.2) is 48.6 Å². The fraction of sp³-hybridized carbons (Fsp3) is 0.438. The van der Waals surface area contributed by atoms with E-state index >= 15 is 0 Å². The number of rotatable bonds is 0. The Kier molecular flexibility index (Phi) is 7.61. The normalized spacial score (nSPS) is 30.1. The number of carbonyl (C=O) groups is 1. The molecular formula is C16H22O2. The topological polar surface area (TPSA) is 26.3 Å². The van der Waals surface area contributed by atoms with E-state index in [4.69, 9.17) is 4.74 Å². The van der Waals surface area contributed by atoms with Crippen LogP contribution in [0.3, 0.4) is 0 Å². The summed E-state index contributed by atoms with van der Waals surface area (Å²) in [6.07, 6.45) is 20.5. The van der Waals surface area contributed by atoms with Gasteiger partial charge in [0.2, 0.25) is 0 Å². The number of carbonyl (C=O) groups excluding carboxylic acids is 1. The molecule has 0 saturated heterocycles. The molecule has 2 heteroatoms. The van der Waals surface area contributed by atoms with Gasteiger partial charge in [0.25, 0.3) is 0 Å². The van der Waals surface area contributed by atoms with E-state index in [1.165, 1.54) is 0 Å². The summed E-state index contributed by atoms with van der Waals surface area (Å²) in [5.74, 6) is -0.126. The molecule has 0 unspecified atom stereocenters. The van der Waals surface area contributed by atoms with Crippen molar-refractivity contribution in [3.8, 4) is 0 Å². The molecule has 0 aromatic carbocycles. The summed E-state index contributed by atoms with van der Waals surface area (Å²) in [7, 11) is 0. The number of esters is 1. The number of ether oxygens (including phenoxy) is 1. The first-order valence-corrected chi connectivity index (χ1v) is 6.62. The second-order valence-corrected chi connectivity index (χ2v) is 4.30. The van der Waals surface area contributed by atoms with E-state index < -0.39 is 0 Å². The van der Waals surface area contributed by atoms with Crippen molar-refractivity contribution in [3.63, 3.8) is 0 Å². The zero-order valence-corrected chi connectivity index (χ0v) is 11.0. The number of allylic oxidation sites excluding steroid dienone is 7. The summed E-state index contributed by atoms with van der Waals surface area (Å²) in [6, 6.07) is 0. The van der Waals surface area contributed by atoms with E-state index in [1.54, 1.807) is 0 Å². The van der Waals surface area contributed by atoms with E-state index in [-0.39, 0.29) is 12.1 Å². The van der Waals surface area contributed by atoms with Crippen molar-refractivity contribution in [1.82, 2.24) is 0 Å². The first-order valence-electron chi connectivity index (χ1n) is 6.62. The van der Waals surface area contributed by atoms with Gasteiger partial charge in [-0.3, -0.25) is 4.79 Å². The van der Waals surface area contributed by atoms with Crippen LogP contribution in [0.5, 0.6) is 0 Å². The van der Waals surface area contributed by atoms with Gasteiger partial charge >= 0.3 is 5.97 Å². The highest BCUT2D eigenvalue weighted by molar-refractivity contribution is 5.69. The molecule has 0 bridgehead atoms. The molecule has 0 N–H and O–H groups in total. The fourth-order valence-electron chi connectivity index (χ4n) is 1.61. The smallest absolute Gasteiger partial charge is 0.306 e. The van der Waals surface area contributed by atoms with Crippen molar-refractivity contribution in [1.29, 1.82) is 0 Å². The molecular weight excluding hydrogens is 224 g/mol. The van der Waals surface area contributed by atoms with E-state index in [9.17, 15) is 4.79 Å². The quantitative estimate of drug-likeness (QED) is 0.475. The maximum absolute atomic E-state index is 11.5. The Hall–Kier alpha value is -1.57. The van der Waals surface area contributed by atoms with Gasteiger partial charge in [-0.15, -0.1) is 0 Å². The molecule has 0 saturated carbocycles. The lowest BCUT2D eigenvalue weighted by Crippen LogP contribution is -2.12. The molecule has 0 aliphatic carbocycles. The minimum atomic E-state index is -0.127. The van der Waals surface area contributed by atoms with Crippen LogP contribution in [0.1, 0.15) is 39.0 Å². The Morgan fingerprint density at radius 1 is 1.00 bits per heavy atom. The van der Waals surface area contributed by atoms with Gasteiger partial charge in [-0.05, 0) is 38.7 Å². The van der Waals surface area contributed by atoms with Crippen LogP contribution < -0.4 is 0 Å². The molecule has 1 heterocycles. The lowest BCUT2D eigenvalue weighted by Gasteiger charge is -2.08. The van der Waals surface area contributed by atoms with E-state index in [1.807, 2.05) is 19.1 Å². The van der Waals surface area contributed by atoms with Crippen molar-refractivity contribution in [2.45, 2.75) is 45.1 Å². The summed E-state index contributed by atoms with van der Waals surface area (Å²) >= 11 is 0. The average Bonchev–Trinajstić information content (AvgIpc) is 2.33. The SMILES string of the molecule is C[C@H]1/C=C\CC/C=C/C=C\C/C=C\CCC(=O)O1. The molecule has 1 rings (SSSR count). The van der Waals surface area contributed by atoms with Gasteiger partial charge in [0, 0.05) is 6.42 Å². The highest BCUT2D eigenvalue weighted by Crippen LogP contribution is 2.03. The Labute approximate surface area is 110 Å². The van der Waals surface area contributed by atoms with Gasteiger partial charge in [-0.1, -0.05) is 42.5 Å². The summed E-state index contributed by atoms with van der Waals surface area (Å²) in [6.45, 7) is 1.89. The second kappa shape index (κ2) is 9.46. The number of hydrogen-bond acceptors (Lipinski definition) is 2. The average molecular weight is 246 g/mol. The standard InChI is InChI=1S/C16H22O2/c1-15-13-11-9-7-5-3-2-4-6-8-10-12-14-16(17)18-15/h2-5,8,10-11,13,15H,6-7,9,12,14H2,1H3/b4-2-,5-3+,10-8-,13-11-/t15-/m0/s1. The minimum Gasteiger partial charge on any atom is -0.458 e. The van der Waals surface area contributed by atoms with E-state index in [0.717, 1.165) is 25.7 Å². The third kappa shape index (κ3) is 7.66. The molecule has 0 spiro atoms. The van der Waals surface area contributed by atoms with E-state index in [2.05, 4.69) is 36.5 Å². The zero-order valence-electron chi connectivity index (χ0n) is 11.0. The number of cyclic esters (lactones) is 1. The molecule has 0 radical (unpaired) electrons. The van der Waals surface area contributed by atoms with Crippen LogP contribution >= 0.6 is 0 Å². The summed E-state index contributed by atoms with van der Waals surface area (Å²) in [5.41, 5.74) is 0. The first-order chi connectivity index (χ1) is 8.79. The number of hydrogen-bond donors (Lipinski definition) is 0. The second-order valence-electron chi connectivity index (χ2n) is 4.30. The van der Waals surface area contributed by atoms with Gasteiger partial charge in [-0.25, -0.2) is 0 Å². The molecule has 2 nitrogen and oxygen atoms in total. The van der Waals surface area contributed by atoms with Gasteiger partial charge in [0.1, 0.15) is 6.10 Å². The Morgan fingerprint density at radius 3 is 2.67 bits per heavy atom. The van der Waals surface area contributed by atoms with Crippen LogP contribution in [0.2, 0.25) is 0 Å². The van der Waals surface area contributed by atoms with Crippen molar-refractivity contribution < 1.29 is 9.53 Å². The summed E-state index contributed by atoms with van der Waals surface area (Å²) in [4.78, 5) is 11.5. The Balaban J connectivity index is 2.50. The van der Waals surface area contributed by atoms with Crippen LogP contribution in [0.25, 0.3) is 0 Å². The zero-order chi connectivity index (χ0) is 13.1. The fourth-order valence-corrected chi connectivity index (χ4v) is 1.61. The molecule has 1 aliphatic heterocycles. The summed E-state index contributed by atoms with van der Waals surface area (Å²) in [5, 5.41) is 0. The third-order valence-electron chi connectivity index (χ3n) is 2.56. The summed E-state index contributed by atoms with van der Waals surface area (Å²) < 4.78 is 5.26. The third-order valence-corrected chi connectivity index (χ3v) is 2.56. The Morgan fingerprint density at radius 2 is 1.78 bits per heavy atom. The molecule has 1 aliphatic rings. The van der Waals surface area contributed by atoms with Gasteiger partial charge in [0.15, 0.2) is 0 Å². The van der Waals surface area contributed by atoms with Crippen LogP contribution in [0, 0.1) is 0 Å². The molecule has 0 aromatic heterocycles. The lowest BCUT2D eigenvalue weighted by molar-refractivity contribution is -0.146. The maximum Gasteiger partial charge on any atom is 0.306 e. The van der Waals surface area contributed by atoms with Crippen LogP contribution in [0.4, 0.5) is 0 Å². The highest BCUT2D eigenvalue weighted by Gasteiger charge is 2.04. The minimum absolute atomic E-state index is 0.126. The maximum atomic E-state index is 11.5. The van der Waals surface area contributed by atoms with Crippen LogP contribution in [-0.4, -0.2) is 12.1 Å². The Bertz CT molecular complexity index is 348. The first kappa shape index (κ1) is 14.5. The highest BCUT2D eigenvalue weighted by atomic mass is 16.5. The molecule has 0 fully saturated rings. The van der Waals surface area contributed by atoms with Gasteiger partial charge in [-0.2, -0.15) is 0 Å². The predicted octanol–water partition coefficient (Wildman–Crippen LogP) is 4.11. The molecule has 0 aromatic rings. The van der Waals surface area contributed by atoms with Crippen molar-refractivity contribution in [2.75, 3.05) is 0 Å². The largest absolute Gasteiger partial charge is 0.458 e. The lowest BCUT2D eigenvalue weighted by atomic mass is 10.2. The molecule has 1 atom stereocenters. The molecule has 98 valence electrons. The predicted molar refractivity (Wildman–Crippen MR) is 75.2 cm³/mol. The van der Waals surface area contributed by atoms with Crippen LogP contribution in [-0.2, 0) is 9.53 Å². The molecule has 18 heavy (non-hydrogen) atoms. The van der Waals surface area contributed by atoms with Gasteiger partial charge in [0.05, 0.1) is 0 Å².